The van der Waals surface area contributed by atoms with Crippen molar-refractivity contribution in [1.29, 1.82) is 0 Å². The number of hydrogen-bond donors (Lipinski definition) is 0. The summed E-state index contributed by atoms with van der Waals surface area (Å²) in [5.74, 6) is 2.26. The molecule has 0 N–H and O–H groups in total. The fourth-order valence-corrected chi connectivity index (χ4v) is 2.35. The largest absolute Gasteiger partial charge is 0.454 e. The van der Waals surface area contributed by atoms with Gasteiger partial charge in [-0.25, -0.2) is 4.98 Å². The van der Waals surface area contributed by atoms with Crippen LogP contribution in [0.2, 0.25) is 0 Å². The Morgan fingerprint density at radius 2 is 2.00 bits per heavy atom. The van der Waals surface area contributed by atoms with E-state index in [-0.39, 0.29) is 12.5 Å². The minimum atomic E-state index is -2.91. The van der Waals surface area contributed by atoms with Crippen LogP contribution in [0.25, 0.3) is 0 Å². The predicted molar refractivity (Wildman–Crippen MR) is 75.6 cm³/mol. The minimum Gasteiger partial charge on any atom is -0.454 e. The molecule has 6 nitrogen and oxygen atoms in total. The van der Waals surface area contributed by atoms with Crippen molar-refractivity contribution in [1.82, 2.24) is 9.88 Å². The van der Waals surface area contributed by atoms with Crippen LogP contribution in [0, 0.1) is 6.92 Å². The number of rotatable bonds is 6. The van der Waals surface area contributed by atoms with Gasteiger partial charge in [0.1, 0.15) is 11.5 Å². The van der Waals surface area contributed by atoms with Gasteiger partial charge in [0.25, 0.3) is 0 Å². The van der Waals surface area contributed by atoms with Gasteiger partial charge in [-0.15, -0.1) is 0 Å². The highest BCUT2D eigenvalue weighted by Crippen LogP contribution is 2.39. The first-order valence-electron chi connectivity index (χ1n) is 6.98. The third-order valence-electron chi connectivity index (χ3n) is 3.29. The Labute approximate surface area is 131 Å². The van der Waals surface area contributed by atoms with Crippen molar-refractivity contribution in [3.63, 3.8) is 0 Å². The van der Waals surface area contributed by atoms with E-state index in [2.05, 4.69) is 9.72 Å². The van der Waals surface area contributed by atoms with Gasteiger partial charge < -0.3 is 18.6 Å². The second-order valence-corrected chi connectivity index (χ2v) is 5.23. The van der Waals surface area contributed by atoms with E-state index in [4.69, 9.17) is 13.9 Å². The third-order valence-corrected chi connectivity index (χ3v) is 3.29. The maximum absolute atomic E-state index is 12.6. The molecule has 124 valence electrons. The quantitative estimate of drug-likeness (QED) is 0.813. The second kappa shape index (κ2) is 6.41. The average Bonchev–Trinajstić information content (AvgIpc) is 3.07. The van der Waals surface area contributed by atoms with Crippen molar-refractivity contribution in [2.75, 3.05) is 13.8 Å². The van der Waals surface area contributed by atoms with Gasteiger partial charge in [0.15, 0.2) is 11.5 Å². The van der Waals surface area contributed by atoms with Crippen molar-refractivity contribution in [3.8, 4) is 17.2 Å². The first kappa shape index (κ1) is 15.5. The molecule has 8 heteroatoms. The normalized spacial score (nSPS) is 13.1. The molecule has 0 unspecified atom stereocenters. The van der Waals surface area contributed by atoms with Gasteiger partial charge in [0.2, 0.25) is 12.7 Å². The topological polar surface area (TPSA) is 57.0 Å². The number of alkyl halides is 2. The summed E-state index contributed by atoms with van der Waals surface area (Å²) in [5.41, 5.74) is 0.570. The fourth-order valence-electron chi connectivity index (χ4n) is 2.35. The molecule has 0 spiro atoms. The number of aromatic nitrogens is 1. The molecular weight excluding hydrogens is 310 g/mol. The lowest BCUT2D eigenvalue weighted by Crippen LogP contribution is -2.18. The van der Waals surface area contributed by atoms with Gasteiger partial charge >= 0.3 is 6.61 Å². The first-order valence-corrected chi connectivity index (χ1v) is 6.98. The number of nitrogens with zero attached hydrogens (tertiary/aromatic N) is 2. The summed E-state index contributed by atoms with van der Waals surface area (Å²) in [6.45, 7) is -0.230. The molecular formula is C15H16F2N2O4. The molecule has 0 radical (unpaired) electrons. The van der Waals surface area contributed by atoms with Crippen LogP contribution in [0.15, 0.2) is 22.7 Å². The van der Waals surface area contributed by atoms with E-state index in [0.29, 0.717) is 36.0 Å². The van der Waals surface area contributed by atoms with Crippen molar-refractivity contribution >= 4 is 0 Å². The van der Waals surface area contributed by atoms with Gasteiger partial charge in [0, 0.05) is 18.2 Å². The molecule has 0 bridgehead atoms. The second-order valence-electron chi connectivity index (χ2n) is 5.23. The Hall–Kier alpha value is -2.35. The molecule has 1 aliphatic heterocycles. The van der Waals surface area contributed by atoms with Gasteiger partial charge in [0.05, 0.1) is 12.7 Å². The molecule has 1 aromatic heterocycles. The summed E-state index contributed by atoms with van der Waals surface area (Å²) in [6.07, 6.45) is 1.63. The summed E-state index contributed by atoms with van der Waals surface area (Å²) in [5, 5.41) is 0. The van der Waals surface area contributed by atoms with E-state index in [0.717, 1.165) is 5.76 Å². The summed E-state index contributed by atoms with van der Waals surface area (Å²) in [4.78, 5) is 6.00. The molecule has 0 amide bonds. The summed E-state index contributed by atoms with van der Waals surface area (Å²) < 4.78 is 45.7. The average molecular weight is 326 g/mol. The Kier molecular flexibility index (Phi) is 4.33. The van der Waals surface area contributed by atoms with Crippen molar-refractivity contribution in [3.05, 3.63) is 35.5 Å². The maximum Gasteiger partial charge on any atom is 0.387 e. The standard InChI is InChI=1S/C15H16F2N2O4/c1-9-5-18-14(22-9)7-19(2)6-10-3-12-13(21-8-20-12)4-11(10)23-15(16)17/h3-5,15H,6-8H2,1-2H3. The molecule has 0 atom stereocenters. The smallest absolute Gasteiger partial charge is 0.387 e. The van der Waals surface area contributed by atoms with E-state index in [1.165, 1.54) is 6.07 Å². The van der Waals surface area contributed by atoms with Gasteiger partial charge in [-0.05, 0) is 20.0 Å². The number of fused-ring (bicyclic) bond motifs is 1. The molecule has 0 fully saturated rings. The lowest BCUT2D eigenvalue weighted by Gasteiger charge is -2.18. The highest BCUT2D eigenvalue weighted by atomic mass is 19.3. The van der Waals surface area contributed by atoms with Gasteiger partial charge in [-0.1, -0.05) is 0 Å². The number of oxazole rings is 1. The molecule has 23 heavy (non-hydrogen) atoms. The van der Waals surface area contributed by atoms with Crippen LogP contribution < -0.4 is 14.2 Å². The number of hydrogen-bond acceptors (Lipinski definition) is 6. The van der Waals surface area contributed by atoms with E-state index < -0.39 is 6.61 Å². The Morgan fingerprint density at radius 3 is 2.65 bits per heavy atom. The lowest BCUT2D eigenvalue weighted by atomic mass is 10.1. The molecule has 0 saturated heterocycles. The predicted octanol–water partition coefficient (Wildman–Crippen LogP) is 2.95. The van der Waals surface area contributed by atoms with Crippen LogP contribution in [0.5, 0.6) is 17.2 Å². The summed E-state index contributed by atoms with van der Waals surface area (Å²) in [6, 6.07) is 3.07. The van der Waals surface area contributed by atoms with Crippen LogP contribution in [0.3, 0.4) is 0 Å². The highest BCUT2D eigenvalue weighted by Gasteiger charge is 2.21. The van der Waals surface area contributed by atoms with Crippen LogP contribution in [0.4, 0.5) is 8.78 Å². The van der Waals surface area contributed by atoms with Crippen molar-refractivity contribution in [2.24, 2.45) is 0 Å². The van der Waals surface area contributed by atoms with E-state index in [1.54, 1.807) is 12.3 Å². The lowest BCUT2D eigenvalue weighted by molar-refractivity contribution is -0.0508. The molecule has 1 aliphatic rings. The minimum absolute atomic E-state index is 0.0678. The summed E-state index contributed by atoms with van der Waals surface area (Å²) >= 11 is 0. The van der Waals surface area contributed by atoms with E-state index in [9.17, 15) is 8.78 Å². The Morgan fingerprint density at radius 1 is 1.26 bits per heavy atom. The van der Waals surface area contributed by atoms with Gasteiger partial charge in [-0.3, -0.25) is 4.90 Å². The zero-order valence-electron chi connectivity index (χ0n) is 12.7. The van der Waals surface area contributed by atoms with Crippen LogP contribution in [0.1, 0.15) is 17.2 Å². The Bertz CT molecular complexity index is 690. The maximum atomic E-state index is 12.6. The third kappa shape index (κ3) is 3.70. The number of aryl methyl sites for hydroxylation is 1. The molecule has 0 saturated carbocycles. The number of ether oxygens (including phenoxy) is 3. The van der Waals surface area contributed by atoms with E-state index in [1.807, 2.05) is 18.9 Å². The van der Waals surface area contributed by atoms with Crippen molar-refractivity contribution in [2.45, 2.75) is 26.6 Å². The monoisotopic (exact) mass is 326 g/mol. The first-order chi connectivity index (χ1) is 11.0. The van der Waals surface area contributed by atoms with Crippen LogP contribution in [-0.4, -0.2) is 30.3 Å². The molecule has 3 rings (SSSR count). The van der Waals surface area contributed by atoms with Crippen LogP contribution >= 0.6 is 0 Å². The molecule has 1 aromatic carbocycles. The van der Waals surface area contributed by atoms with Gasteiger partial charge in [-0.2, -0.15) is 8.78 Å². The van der Waals surface area contributed by atoms with Crippen molar-refractivity contribution < 1.29 is 27.4 Å². The SMILES string of the molecule is Cc1cnc(CN(C)Cc2cc3c(cc2OC(F)F)OCO3)o1. The number of halogens is 2. The van der Waals surface area contributed by atoms with Crippen LogP contribution in [-0.2, 0) is 13.1 Å². The fraction of sp³-hybridized carbons (Fsp3) is 0.400. The zero-order chi connectivity index (χ0) is 16.4. The zero-order valence-corrected chi connectivity index (χ0v) is 12.7. The molecule has 2 aromatic rings. The molecule has 0 aliphatic carbocycles. The van der Waals surface area contributed by atoms with E-state index >= 15 is 0 Å². The summed E-state index contributed by atoms with van der Waals surface area (Å²) in [7, 11) is 1.83. The molecule has 2 heterocycles. The number of benzene rings is 1. The highest BCUT2D eigenvalue weighted by molar-refractivity contribution is 5.51. The Balaban J connectivity index is 1.77.